The fraction of sp³-hybridized carbons (Fsp3) is 0.478. The predicted octanol–water partition coefficient (Wildman–Crippen LogP) is 4.22. The molecule has 1 aromatic carbocycles. The minimum absolute atomic E-state index is 0.173. The molecule has 3 rings (SSSR count). The second-order valence-corrected chi connectivity index (χ2v) is 7.82. The number of likely N-dealkylation sites (tertiary alicyclic amines) is 1. The highest BCUT2D eigenvalue weighted by Gasteiger charge is 2.22. The molecule has 0 aromatic heterocycles. The lowest BCUT2D eigenvalue weighted by Crippen LogP contribution is -2.41. The molecular formula is C23H29F2N3O. The van der Waals surface area contributed by atoms with Crippen LogP contribution >= 0.6 is 0 Å². The molecule has 4 nitrogen and oxygen atoms in total. The van der Waals surface area contributed by atoms with Crippen molar-refractivity contribution < 1.29 is 13.6 Å². The number of rotatable bonds is 6. The number of hydrogen-bond donors (Lipinski definition) is 0. The Kier molecular flexibility index (Phi) is 7.31. The maximum atomic E-state index is 14.6. The minimum atomic E-state index is -0.566. The highest BCUT2D eigenvalue weighted by molar-refractivity contribution is 5.99. The smallest absolute Gasteiger partial charge is 0.237 e. The Labute approximate surface area is 171 Å². The van der Waals surface area contributed by atoms with Gasteiger partial charge >= 0.3 is 0 Å². The maximum Gasteiger partial charge on any atom is 0.237 e. The Morgan fingerprint density at radius 3 is 2.59 bits per heavy atom. The second kappa shape index (κ2) is 9.92. The molecule has 1 fully saturated rings. The zero-order valence-corrected chi connectivity index (χ0v) is 17.3. The monoisotopic (exact) mass is 401 g/mol. The number of carbonyl (C=O) groups is 1. The van der Waals surface area contributed by atoms with Crippen LogP contribution in [0.15, 0.2) is 41.0 Å². The van der Waals surface area contributed by atoms with Crippen molar-refractivity contribution in [3.05, 3.63) is 53.0 Å². The van der Waals surface area contributed by atoms with Crippen molar-refractivity contribution in [3.8, 4) is 0 Å². The molecule has 156 valence electrons. The van der Waals surface area contributed by atoms with Gasteiger partial charge in [-0.15, -0.1) is 0 Å². The summed E-state index contributed by atoms with van der Waals surface area (Å²) in [6, 6.07) is 5.12. The molecule has 0 atom stereocenters. The van der Waals surface area contributed by atoms with Crippen molar-refractivity contribution >= 4 is 17.2 Å². The number of amides is 1. The lowest BCUT2D eigenvalue weighted by molar-refractivity contribution is -0.131. The van der Waals surface area contributed by atoms with Gasteiger partial charge in [0.2, 0.25) is 5.91 Å². The first-order valence-corrected chi connectivity index (χ1v) is 10.2. The van der Waals surface area contributed by atoms with Gasteiger partial charge in [0, 0.05) is 30.6 Å². The summed E-state index contributed by atoms with van der Waals surface area (Å²) in [6.45, 7) is 6.55. The molecule has 2 aliphatic heterocycles. The lowest BCUT2D eigenvalue weighted by atomic mass is 9.97. The number of benzene rings is 1. The Morgan fingerprint density at radius 1 is 1.21 bits per heavy atom. The number of nitrogens with zero attached hydrogens (tertiary/aromatic N) is 3. The molecule has 0 aliphatic carbocycles. The molecule has 2 aliphatic rings. The average Bonchev–Trinajstić information content (AvgIpc) is 3.24. The van der Waals surface area contributed by atoms with E-state index in [9.17, 15) is 13.6 Å². The quantitative estimate of drug-likeness (QED) is 0.669. The number of alkyl halides is 1. The first-order chi connectivity index (χ1) is 14.0. The highest BCUT2D eigenvalue weighted by Crippen LogP contribution is 2.25. The van der Waals surface area contributed by atoms with E-state index in [1.54, 1.807) is 19.9 Å². The van der Waals surface area contributed by atoms with Crippen LogP contribution in [0.2, 0.25) is 0 Å². The van der Waals surface area contributed by atoms with E-state index < -0.39 is 6.67 Å². The van der Waals surface area contributed by atoms with E-state index in [2.05, 4.69) is 9.89 Å². The van der Waals surface area contributed by atoms with Gasteiger partial charge < -0.3 is 4.90 Å². The van der Waals surface area contributed by atoms with E-state index in [0.29, 0.717) is 36.5 Å². The Morgan fingerprint density at radius 2 is 1.97 bits per heavy atom. The fourth-order valence-corrected chi connectivity index (χ4v) is 3.71. The van der Waals surface area contributed by atoms with Crippen molar-refractivity contribution in [1.82, 2.24) is 9.80 Å². The lowest BCUT2D eigenvalue weighted by Gasteiger charge is -2.28. The summed E-state index contributed by atoms with van der Waals surface area (Å²) >= 11 is 0. The summed E-state index contributed by atoms with van der Waals surface area (Å²) in [7, 11) is 0. The van der Waals surface area contributed by atoms with E-state index in [1.807, 2.05) is 17.0 Å². The topological polar surface area (TPSA) is 35.9 Å². The summed E-state index contributed by atoms with van der Waals surface area (Å²) in [5.41, 5.74) is 3.32. The van der Waals surface area contributed by atoms with E-state index in [-0.39, 0.29) is 11.7 Å². The number of hydrogen-bond acceptors (Lipinski definition) is 3. The fourth-order valence-electron chi connectivity index (χ4n) is 3.71. The molecule has 0 radical (unpaired) electrons. The van der Waals surface area contributed by atoms with Crippen molar-refractivity contribution in [2.45, 2.75) is 33.1 Å². The van der Waals surface area contributed by atoms with Crippen LogP contribution in [0.25, 0.3) is 5.57 Å². The van der Waals surface area contributed by atoms with Gasteiger partial charge in [-0.1, -0.05) is 12.1 Å². The zero-order chi connectivity index (χ0) is 20.8. The molecule has 1 saturated heterocycles. The SMILES string of the molecule is CC(=N/C=C(\C)CF)c1ccc(C2=CCN(C(=O)CN3CCCC3)CC2)cc1F. The Bertz CT molecular complexity index is 839. The zero-order valence-electron chi connectivity index (χ0n) is 17.3. The van der Waals surface area contributed by atoms with Crippen molar-refractivity contribution in [2.24, 2.45) is 4.99 Å². The van der Waals surface area contributed by atoms with E-state index in [1.165, 1.54) is 25.1 Å². The van der Waals surface area contributed by atoms with Crippen LogP contribution in [0.3, 0.4) is 0 Å². The summed E-state index contributed by atoms with van der Waals surface area (Å²) in [6.07, 6.45) is 6.52. The molecule has 0 spiro atoms. The minimum Gasteiger partial charge on any atom is -0.338 e. The highest BCUT2D eigenvalue weighted by atomic mass is 19.1. The van der Waals surface area contributed by atoms with Gasteiger partial charge in [0.25, 0.3) is 0 Å². The number of halogens is 2. The number of carbonyl (C=O) groups excluding carboxylic acids is 1. The molecule has 2 heterocycles. The van der Waals surface area contributed by atoms with Crippen molar-refractivity contribution in [3.63, 3.8) is 0 Å². The average molecular weight is 402 g/mol. The van der Waals surface area contributed by atoms with Gasteiger partial charge in [-0.3, -0.25) is 14.7 Å². The van der Waals surface area contributed by atoms with Gasteiger partial charge in [0.05, 0.1) is 6.54 Å². The van der Waals surface area contributed by atoms with Crippen LogP contribution in [-0.2, 0) is 4.79 Å². The normalized spacial score (nSPS) is 18.9. The first kappa shape index (κ1) is 21.4. The largest absolute Gasteiger partial charge is 0.338 e. The van der Waals surface area contributed by atoms with Gasteiger partial charge in [0.15, 0.2) is 0 Å². The van der Waals surface area contributed by atoms with Crippen LogP contribution < -0.4 is 0 Å². The van der Waals surface area contributed by atoms with Crippen LogP contribution in [0.1, 0.15) is 44.2 Å². The standard InChI is InChI=1S/C23H29F2N3O/c1-17(14-24)15-26-18(2)21-6-5-20(13-22(21)25)19-7-11-28(12-8-19)23(29)16-27-9-3-4-10-27/h5-7,13,15H,3-4,8-12,14,16H2,1-2H3/b17-15+,26-18?. The predicted molar refractivity (Wildman–Crippen MR) is 113 cm³/mol. The van der Waals surface area contributed by atoms with Crippen molar-refractivity contribution in [2.75, 3.05) is 39.4 Å². The molecule has 29 heavy (non-hydrogen) atoms. The van der Waals surface area contributed by atoms with E-state index in [4.69, 9.17) is 0 Å². The third kappa shape index (κ3) is 5.60. The Balaban J connectivity index is 1.65. The third-order valence-electron chi connectivity index (χ3n) is 5.54. The Hall–Kier alpha value is -2.34. The summed E-state index contributed by atoms with van der Waals surface area (Å²) in [5, 5.41) is 0. The molecule has 6 heteroatoms. The molecule has 1 amide bonds. The maximum absolute atomic E-state index is 14.6. The molecule has 0 saturated carbocycles. The van der Waals surface area contributed by atoms with Gasteiger partial charge in [-0.2, -0.15) is 0 Å². The van der Waals surface area contributed by atoms with Crippen LogP contribution in [0.4, 0.5) is 8.78 Å². The van der Waals surface area contributed by atoms with Gasteiger partial charge in [0.1, 0.15) is 12.5 Å². The summed E-state index contributed by atoms with van der Waals surface area (Å²) in [5.74, 6) is -0.171. The molecule has 1 aromatic rings. The summed E-state index contributed by atoms with van der Waals surface area (Å²) < 4.78 is 27.1. The number of allylic oxidation sites excluding steroid dienone is 1. The van der Waals surface area contributed by atoms with Crippen LogP contribution in [0, 0.1) is 5.82 Å². The van der Waals surface area contributed by atoms with Crippen LogP contribution in [-0.4, -0.2) is 60.8 Å². The van der Waals surface area contributed by atoms with Crippen LogP contribution in [0.5, 0.6) is 0 Å². The molecule has 0 unspecified atom stereocenters. The van der Waals surface area contributed by atoms with Gasteiger partial charge in [-0.05, 0) is 75.0 Å². The third-order valence-corrected chi connectivity index (χ3v) is 5.54. The molecule has 0 bridgehead atoms. The summed E-state index contributed by atoms with van der Waals surface area (Å²) in [4.78, 5) is 20.7. The molecule has 0 N–H and O–H groups in total. The van der Waals surface area contributed by atoms with Gasteiger partial charge in [-0.25, -0.2) is 8.78 Å². The number of aliphatic imine (C=N–C) groups is 1. The van der Waals surface area contributed by atoms with E-state index in [0.717, 1.165) is 30.6 Å². The van der Waals surface area contributed by atoms with E-state index >= 15 is 0 Å². The van der Waals surface area contributed by atoms with Crippen molar-refractivity contribution in [1.29, 1.82) is 0 Å². The second-order valence-electron chi connectivity index (χ2n) is 7.82. The first-order valence-electron chi connectivity index (χ1n) is 10.2. The molecular weight excluding hydrogens is 372 g/mol.